The first-order chi connectivity index (χ1) is 7.55. The molecule has 0 aromatic heterocycles. The van der Waals surface area contributed by atoms with Gasteiger partial charge in [-0.05, 0) is 33.6 Å². The van der Waals surface area contributed by atoms with E-state index in [0.29, 0.717) is 19.8 Å². The molecule has 16 heavy (non-hydrogen) atoms. The Bertz CT molecular complexity index is 169. The first-order valence-electron chi connectivity index (χ1n) is 6.26. The minimum atomic E-state index is -2.77. The van der Waals surface area contributed by atoms with Crippen LogP contribution in [0.5, 0.6) is 0 Å². The Labute approximate surface area is 101 Å². The molecular weight excluding hydrogens is 222 g/mol. The van der Waals surface area contributed by atoms with Gasteiger partial charge in [0.05, 0.1) is 5.16 Å². The molecule has 0 fully saturated rings. The van der Waals surface area contributed by atoms with Gasteiger partial charge in [0.2, 0.25) is 0 Å². The van der Waals surface area contributed by atoms with E-state index in [1.54, 1.807) is 0 Å². The van der Waals surface area contributed by atoms with Crippen molar-refractivity contribution in [1.82, 2.24) is 0 Å². The maximum Gasteiger partial charge on any atom is 0.521 e. The summed E-state index contributed by atoms with van der Waals surface area (Å²) in [6.45, 7) is 11.7. The van der Waals surface area contributed by atoms with Crippen molar-refractivity contribution in [2.75, 3.05) is 19.8 Å². The third-order valence-electron chi connectivity index (χ3n) is 2.87. The van der Waals surface area contributed by atoms with Gasteiger partial charge in [0, 0.05) is 19.8 Å². The van der Waals surface area contributed by atoms with Gasteiger partial charge in [-0.3, -0.25) is 0 Å². The molecule has 0 spiro atoms. The zero-order valence-corrected chi connectivity index (χ0v) is 12.3. The first kappa shape index (κ1) is 16.1. The molecule has 0 heterocycles. The first-order valence-corrected chi connectivity index (χ1v) is 7.98. The minimum absolute atomic E-state index is 0.477. The van der Waals surface area contributed by atoms with E-state index in [9.17, 15) is 0 Å². The molecule has 0 aromatic rings. The van der Waals surface area contributed by atoms with Crippen molar-refractivity contribution < 1.29 is 13.3 Å². The Kier molecular flexibility index (Phi) is 7.42. The lowest BCUT2D eigenvalue weighted by Gasteiger charge is -2.41. The van der Waals surface area contributed by atoms with E-state index in [1.165, 1.54) is 0 Å². The molecule has 0 saturated heterocycles. The van der Waals surface area contributed by atoms with Crippen molar-refractivity contribution in [3.63, 3.8) is 0 Å². The predicted molar refractivity (Wildman–Crippen MR) is 68.1 cm³/mol. The van der Waals surface area contributed by atoms with Crippen LogP contribution in [0.25, 0.3) is 0 Å². The van der Waals surface area contributed by atoms with Crippen molar-refractivity contribution in [3.8, 4) is 0 Å². The van der Waals surface area contributed by atoms with Crippen LogP contribution in [0.15, 0.2) is 0 Å². The van der Waals surface area contributed by atoms with E-state index < -0.39 is 14.0 Å². The van der Waals surface area contributed by atoms with Gasteiger partial charge in [0.15, 0.2) is 0 Å². The second-order valence-corrected chi connectivity index (χ2v) is 6.69. The fourth-order valence-electron chi connectivity index (χ4n) is 1.81. The maximum absolute atomic E-state index is 6.42. The van der Waals surface area contributed by atoms with Gasteiger partial charge < -0.3 is 19.0 Å². The lowest BCUT2D eigenvalue weighted by Crippen LogP contribution is -2.69. The molecule has 0 radical (unpaired) electrons. The molecular formula is C11H27NO3Si. The summed E-state index contributed by atoms with van der Waals surface area (Å²) in [5.74, 6) is 0. The van der Waals surface area contributed by atoms with Gasteiger partial charge >= 0.3 is 8.80 Å². The van der Waals surface area contributed by atoms with E-state index >= 15 is 0 Å². The molecule has 2 N–H and O–H groups in total. The normalized spacial score (nSPS) is 13.1. The molecule has 0 rings (SSSR count). The van der Waals surface area contributed by atoms with E-state index in [4.69, 9.17) is 19.0 Å². The zero-order valence-electron chi connectivity index (χ0n) is 11.3. The van der Waals surface area contributed by atoms with Gasteiger partial charge in [-0.25, -0.2) is 0 Å². The van der Waals surface area contributed by atoms with Crippen molar-refractivity contribution >= 4 is 8.80 Å². The highest BCUT2D eigenvalue weighted by Gasteiger charge is 2.56. The molecule has 0 saturated carbocycles. The average Bonchev–Trinajstić information content (AvgIpc) is 2.28. The van der Waals surface area contributed by atoms with E-state index in [1.807, 2.05) is 20.8 Å². The van der Waals surface area contributed by atoms with Crippen LogP contribution in [-0.4, -0.2) is 33.8 Å². The van der Waals surface area contributed by atoms with E-state index in [0.717, 1.165) is 12.8 Å². The fourth-order valence-corrected chi connectivity index (χ4v) is 4.93. The van der Waals surface area contributed by atoms with E-state index in [-0.39, 0.29) is 0 Å². The smallest absolute Gasteiger partial charge is 0.373 e. The molecule has 0 amide bonds. The van der Waals surface area contributed by atoms with Gasteiger partial charge in [-0.1, -0.05) is 13.8 Å². The lowest BCUT2D eigenvalue weighted by atomic mass is 10.2. The highest BCUT2D eigenvalue weighted by molar-refractivity contribution is 6.64. The Morgan fingerprint density at radius 2 is 1.12 bits per heavy atom. The molecule has 0 bridgehead atoms. The second-order valence-electron chi connectivity index (χ2n) is 3.72. The highest BCUT2D eigenvalue weighted by Crippen LogP contribution is 2.28. The average molecular weight is 249 g/mol. The summed E-state index contributed by atoms with van der Waals surface area (Å²) in [5.41, 5.74) is 6.42. The molecule has 98 valence electrons. The molecule has 0 aliphatic rings. The van der Waals surface area contributed by atoms with Gasteiger partial charge in [-0.15, -0.1) is 0 Å². The van der Waals surface area contributed by atoms with Crippen LogP contribution in [0, 0.1) is 0 Å². The Balaban J connectivity index is 5.10. The SMILES string of the molecule is CCO[Si](OCC)(OCC)C(N)(CC)CC. The summed E-state index contributed by atoms with van der Waals surface area (Å²) < 4.78 is 17.5. The van der Waals surface area contributed by atoms with Crippen LogP contribution < -0.4 is 5.73 Å². The molecule has 0 unspecified atom stereocenters. The summed E-state index contributed by atoms with van der Waals surface area (Å²) in [6, 6.07) is 0. The summed E-state index contributed by atoms with van der Waals surface area (Å²) in [5, 5.41) is -0.477. The monoisotopic (exact) mass is 249 g/mol. The Morgan fingerprint density at radius 3 is 1.31 bits per heavy atom. The van der Waals surface area contributed by atoms with Crippen LogP contribution in [0.3, 0.4) is 0 Å². The third-order valence-corrected chi connectivity index (χ3v) is 6.81. The second kappa shape index (κ2) is 7.40. The minimum Gasteiger partial charge on any atom is -0.373 e. The molecule has 0 aliphatic heterocycles. The Hall–Kier alpha value is 0.0569. The quantitative estimate of drug-likeness (QED) is 0.636. The van der Waals surface area contributed by atoms with Gasteiger partial charge in [-0.2, -0.15) is 0 Å². The zero-order chi connectivity index (χ0) is 12.7. The molecule has 0 aromatic carbocycles. The molecule has 0 atom stereocenters. The maximum atomic E-state index is 6.42. The topological polar surface area (TPSA) is 53.7 Å². The summed E-state index contributed by atoms with van der Waals surface area (Å²) >= 11 is 0. The Morgan fingerprint density at radius 1 is 0.812 bits per heavy atom. The van der Waals surface area contributed by atoms with Crippen molar-refractivity contribution in [2.24, 2.45) is 5.73 Å². The van der Waals surface area contributed by atoms with Gasteiger partial charge in [0.25, 0.3) is 0 Å². The predicted octanol–water partition coefficient (Wildman–Crippen LogP) is 2.09. The summed E-state index contributed by atoms with van der Waals surface area (Å²) in [7, 11) is -2.77. The number of hydrogen-bond acceptors (Lipinski definition) is 4. The summed E-state index contributed by atoms with van der Waals surface area (Å²) in [4.78, 5) is 0. The number of rotatable bonds is 9. The standard InChI is InChI=1S/C11H27NO3Si/c1-6-11(12,7-2)16(13-8-3,14-9-4)15-10-5/h6-10,12H2,1-5H3. The summed E-state index contributed by atoms with van der Waals surface area (Å²) in [6.07, 6.45) is 1.60. The third kappa shape index (κ3) is 3.27. The highest BCUT2D eigenvalue weighted by atomic mass is 28.4. The number of nitrogens with two attached hydrogens (primary N) is 1. The van der Waals surface area contributed by atoms with Gasteiger partial charge in [0.1, 0.15) is 0 Å². The number of hydrogen-bond donors (Lipinski definition) is 1. The molecule has 4 nitrogen and oxygen atoms in total. The van der Waals surface area contributed by atoms with Crippen LogP contribution in [0.1, 0.15) is 47.5 Å². The molecule has 0 aliphatic carbocycles. The van der Waals surface area contributed by atoms with Crippen LogP contribution >= 0.6 is 0 Å². The van der Waals surface area contributed by atoms with E-state index in [2.05, 4.69) is 13.8 Å². The largest absolute Gasteiger partial charge is 0.521 e. The van der Waals surface area contributed by atoms with Crippen molar-refractivity contribution in [1.29, 1.82) is 0 Å². The lowest BCUT2D eigenvalue weighted by molar-refractivity contribution is 0.0431. The van der Waals surface area contributed by atoms with Crippen molar-refractivity contribution in [2.45, 2.75) is 52.6 Å². The van der Waals surface area contributed by atoms with Crippen molar-refractivity contribution in [3.05, 3.63) is 0 Å². The van der Waals surface area contributed by atoms with Crippen LogP contribution in [0.2, 0.25) is 0 Å². The van der Waals surface area contributed by atoms with Crippen LogP contribution in [-0.2, 0) is 13.3 Å². The molecule has 5 heteroatoms. The fraction of sp³-hybridized carbons (Fsp3) is 1.00. The van der Waals surface area contributed by atoms with Crippen LogP contribution in [0.4, 0.5) is 0 Å².